The smallest absolute Gasteiger partial charge is 0.407 e. The molecule has 24 nitrogen and oxygen atoms in total. The van der Waals surface area contributed by atoms with Crippen LogP contribution in [0.25, 0.3) is 0 Å². The standard InChI is InChI=1S/C45H68N8O16/c1-29(42(62)63)24-31(50-44(65)69-45(2,3)4)25-30-13-14-34(54)33(26-30)52-38(58)28-68-43(64)49-20-19-47-35(55)11-8-18-48-41(61)32(10-6-7-17-46-37(57)27-67-23-22-66-5)51-36(56)12-9-21-53-39(59)15-16-40(53)60/h13-16,26,29,31-32,54H,6-12,17-25,27-28H2,1-5H3,(H,46,57)(H,47,55)(H,48,61)(H,49,64)(H,50,65)(H,51,56)(H,52,58)(H,62,63)/t29-,31+,32-/m0/s1. The summed E-state index contributed by atoms with van der Waals surface area (Å²) in [5.74, 6) is -5.53. The number of ether oxygens (including phenoxy) is 4. The van der Waals surface area contributed by atoms with Crippen molar-refractivity contribution in [3.05, 3.63) is 35.9 Å². The fourth-order valence-corrected chi connectivity index (χ4v) is 6.34. The fourth-order valence-electron chi connectivity index (χ4n) is 6.34. The molecule has 1 aliphatic heterocycles. The lowest BCUT2D eigenvalue weighted by atomic mass is 9.96. The number of carboxylic acids is 1. The SMILES string of the molecule is COCCOCC(=O)NCCCC[C@H](NC(=O)CCCN1C(=O)C=CC1=O)C(=O)NCCCC(=O)NCCNC(=O)OCC(=O)Nc1cc(C[C@@H](C[C@H](C)C(=O)O)NC(=O)OC(C)(C)C)ccc1O. The van der Waals surface area contributed by atoms with Gasteiger partial charge in [0.15, 0.2) is 6.61 Å². The number of hydrogen-bond acceptors (Lipinski definition) is 15. The molecule has 0 aliphatic carbocycles. The summed E-state index contributed by atoms with van der Waals surface area (Å²) < 4.78 is 20.3. The molecule has 24 heteroatoms. The number of aliphatic carboxylic acids is 1. The third-order valence-corrected chi connectivity index (χ3v) is 9.77. The molecular weight excluding hydrogens is 909 g/mol. The zero-order valence-electron chi connectivity index (χ0n) is 39.9. The molecule has 0 spiro atoms. The number of phenolic OH excluding ortho intramolecular Hbond substituents is 1. The maximum atomic E-state index is 13.1. The number of benzene rings is 1. The van der Waals surface area contributed by atoms with Crippen LogP contribution in [0.1, 0.15) is 84.6 Å². The Morgan fingerprint density at radius 2 is 1.41 bits per heavy atom. The lowest BCUT2D eigenvalue weighted by Crippen LogP contribution is -2.47. The minimum absolute atomic E-state index is 0.00810. The second-order valence-corrected chi connectivity index (χ2v) is 16.9. The van der Waals surface area contributed by atoms with Gasteiger partial charge < -0.3 is 66.4 Å². The van der Waals surface area contributed by atoms with E-state index in [1.165, 1.54) is 32.2 Å². The number of carbonyl (C=O) groups excluding carboxylic acids is 9. The lowest BCUT2D eigenvalue weighted by molar-refractivity contribution is -0.141. The molecule has 0 fully saturated rings. The second kappa shape index (κ2) is 31.3. The molecule has 0 saturated heterocycles. The fraction of sp³-hybridized carbons (Fsp3) is 0.600. The summed E-state index contributed by atoms with van der Waals surface area (Å²) in [6, 6.07) is 2.67. The lowest BCUT2D eigenvalue weighted by Gasteiger charge is -2.25. The van der Waals surface area contributed by atoms with E-state index in [0.717, 1.165) is 17.1 Å². The molecular formula is C45H68N8O16. The first kappa shape index (κ1) is 58.3. The number of phenols is 1. The van der Waals surface area contributed by atoms with Crippen LogP contribution < -0.4 is 37.2 Å². The molecule has 1 aromatic carbocycles. The topological polar surface area (TPSA) is 336 Å². The number of carboxylic acid groups (broad SMARTS) is 1. The molecule has 0 saturated carbocycles. The Morgan fingerprint density at radius 3 is 2.09 bits per heavy atom. The van der Waals surface area contributed by atoms with Crippen molar-refractivity contribution in [3.8, 4) is 5.75 Å². The molecule has 0 aromatic heterocycles. The Kier molecular flexibility index (Phi) is 26.4. The van der Waals surface area contributed by atoms with Crippen LogP contribution in [0.4, 0.5) is 15.3 Å². The van der Waals surface area contributed by atoms with Gasteiger partial charge in [0.25, 0.3) is 17.7 Å². The predicted octanol–water partition coefficient (Wildman–Crippen LogP) is 0.756. The monoisotopic (exact) mass is 976 g/mol. The van der Waals surface area contributed by atoms with Crippen LogP contribution in [0.5, 0.6) is 5.75 Å². The quantitative estimate of drug-likeness (QED) is 0.0273. The van der Waals surface area contributed by atoms with Gasteiger partial charge in [-0.2, -0.15) is 0 Å². The van der Waals surface area contributed by atoms with Crippen molar-refractivity contribution in [2.24, 2.45) is 5.92 Å². The number of nitrogens with one attached hydrogen (secondary N) is 7. The molecule has 1 aliphatic rings. The number of imide groups is 1. The third kappa shape index (κ3) is 25.8. The highest BCUT2D eigenvalue weighted by molar-refractivity contribution is 6.12. The Balaban J connectivity index is 1.75. The van der Waals surface area contributed by atoms with Gasteiger partial charge in [0.1, 0.15) is 24.0 Å². The van der Waals surface area contributed by atoms with E-state index in [2.05, 4.69) is 37.2 Å². The number of unbranched alkanes of at least 4 members (excludes halogenated alkanes) is 1. The normalized spacial score (nSPS) is 13.4. The van der Waals surface area contributed by atoms with Crippen LogP contribution in [-0.4, -0.2) is 159 Å². The van der Waals surface area contributed by atoms with Crippen molar-refractivity contribution in [3.63, 3.8) is 0 Å². The van der Waals surface area contributed by atoms with Gasteiger partial charge in [0, 0.05) is 70.9 Å². The summed E-state index contributed by atoms with van der Waals surface area (Å²) in [6.45, 7) is 6.71. The first-order chi connectivity index (χ1) is 32.7. The van der Waals surface area contributed by atoms with Gasteiger partial charge in [-0.1, -0.05) is 13.0 Å². The highest BCUT2D eigenvalue weighted by Crippen LogP contribution is 2.26. The van der Waals surface area contributed by atoms with Gasteiger partial charge in [-0.05, 0) is 83.4 Å². The van der Waals surface area contributed by atoms with E-state index < -0.39 is 77.9 Å². The van der Waals surface area contributed by atoms with Crippen molar-refractivity contribution >= 4 is 65.2 Å². The summed E-state index contributed by atoms with van der Waals surface area (Å²) in [5.41, 5.74) is -0.282. The van der Waals surface area contributed by atoms with E-state index in [-0.39, 0.29) is 108 Å². The summed E-state index contributed by atoms with van der Waals surface area (Å²) in [7, 11) is 1.52. The summed E-state index contributed by atoms with van der Waals surface area (Å²) in [5, 5.41) is 38.0. The minimum atomic E-state index is -1.06. The molecule has 2 rings (SSSR count). The van der Waals surface area contributed by atoms with Gasteiger partial charge in [-0.25, -0.2) is 9.59 Å². The zero-order valence-corrected chi connectivity index (χ0v) is 39.9. The van der Waals surface area contributed by atoms with Crippen LogP contribution in [0.3, 0.4) is 0 Å². The highest BCUT2D eigenvalue weighted by atomic mass is 16.6. The van der Waals surface area contributed by atoms with Crippen LogP contribution in [-0.2, 0) is 63.7 Å². The van der Waals surface area contributed by atoms with E-state index in [9.17, 15) is 58.2 Å². The van der Waals surface area contributed by atoms with Crippen LogP contribution in [0.15, 0.2) is 30.4 Å². The third-order valence-electron chi connectivity index (χ3n) is 9.77. The maximum Gasteiger partial charge on any atom is 0.407 e. The Hall–Kier alpha value is -6.82. The average Bonchev–Trinajstić information content (AvgIpc) is 3.59. The number of aromatic hydroxyl groups is 1. The van der Waals surface area contributed by atoms with Crippen LogP contribution in [0, 0.1) is 5.92 Å². The zero-order chi connectivity index (χ0) is 51.4. The number of alkyl carbamates (subject to hydrolysis) is 2. The molecule has 1 aromatic rings. The van der Waals surface area contributed by atoms with Gasteiger partial charge >= 0.3 is 18.2 Å². The van der Waals surface area contributed by atoms with Crippen LogP contribution in [0.2, 0.25) is 0 Å². The predicted molar refractivity (Wildman–Crippen MR) is 246 cm³/mol. The first-order valence-electron chi connectivity index (χ1n) is 22.6. The summed E-state index contributed by atoms with van der Waals surface area (Å²) >= 11 is 0. The number of carbonyl (C=O) groups is 10. The minimum Gasteiger partial charge on any atom is -0.506 e. The second-order valence-electron chi connectivity index (χ2n) is 16.9. The Labute approximate surface area is 400 Å². The Bertz CT molecular complexity index is 1940. The number of amides is 9. The van der Waals surface area contributed by atoms with E-state index >= 15 is 0 Å². The van der Waals surface area contributed by atoms with Crippen molar-refractivity contribution in [1.29, 1.82) is 0 Å². The Morgan fingerprint density at radius 1 is 0.739 bits per heavy atom. The van der Waals surface area contributed by atoms with Crippen LogP contribution >= 0.6 is 0 Å². The molecule has 0 bridgehead atoms. The van der Waals surface area contributed by atoms with Gasteiger partial charge in [0.05, 0.1) is 24.8 Å². The summed E-state index contributed by atoms with van der Waals surface area (Å²) in [6.07, 6.45) is 2.36. The van der Waals surface area contributed by atoms with E-state index in [1.54, 1.807) is 20.8 Å². The summed E-state index contributed by atoms with van der Waals surface area (Å²) in [4.78, 5) is 124. The number of rotatable bonds is 32. The molecule has 1 heterocycles. The number of nitrogens with zero attached hydrogens (tertiary/aromatic N) is 1. The highest BCUT2D eigenvalue weighted by Gasteiger charge is 2.26. The number of hydrogen-bond donors (Lipinski definition) is 9. The van der Waals surface area contributed by atoms with Gasteiger partial charge in [-0.3, -0.25) is 43.3 Å². The van der Waals surface area contributed by atoms with E-state index in [0.29, 0.717) is 31.6 Å². The van der Waals surface area contributed by atoms with Crippen molar-refractivity contribution in [2.45, 2.75) is 103 Å². The molecule has 9 amide bonds. The van der Waals surface area contributed by atoms with Crippen molar-refractivity contribution < 1.29 is 77.1 Å². The molecule has 384 valence electrons. The number of anilines is 1. The largest absolute Gasteiger partial charge is 0.506 e. The molecule has 0 unspecified atom stereocenters. The maximum absolute atomic E-state index is 13.1. The van der Waals surface area contributed by atoms with Gasteiger partial charge in [-0.15, -0.1) is 0 Å². The first-order valence-corrected chi connectivity index (χ1v) is 22.6. The van der Waals surface area contributed by atoms with E-state index in [4.69, 9.17) is 18.9 Å². The van der Waals surface area contributed by atoms with Gasteiger partial charge in [0.2, 0.25) is 23.6 Å². The molecule has 69 heavy (non-hydrogen) atoms. The van der Waals surface area contributed by atoms with E-state index in [1.807, 2.05) is 0 Å². The van der Waals surface area contributed by atoms with Crippen molar-refractivity contribution in [1.82, 2.24) is 36.8 Å². The molecule has 3 atom stereocenters. The van der Waals surface area contributed by atoms with Crippen molar-refractivity contribution in [2.75, 3.05) is 71.6 Å². The average molecular weight is 977 g/mol. The number of methoxy groups -OCH3 is 1. The molecule has 9 N–H and O–H groups in total. The molecule has 0 radical (unpaired) electrons.